The monoisotopic (exact) mass is 421 g/mol. The SMILES string of the molecule is O=C(Nc1ccc(-c2cn3ccsc3n2)cc1)c1ccc2c(c1)C(=O)c1ccccc1-2. The predicted octanol–water partition coefficient (Wildman–Crippen LogP) is 5.53. The van der Waals surface area contributed by atoms with Crippen LogP contribution in [0.15, 0.2) is 84.5 Å². The van der Waals surface area contributed by atoms with Crippen molar-refractivity contribution in [3.63, 3.8) is 0 Å². The topological polar surface area (TPSA) is 63.5 Å². The highest BCUT2D eigenvalue weighted by Gasteiger charge is 2.27. The molecule has 0 saturated heterocycles. The summed E-state index contributed by atoms with van der Waals surface area (Å²) in [4.78, 5) is 31.0. The third-order valence-corrected chi connectivity index (χ3v) is 6.29. The average Bonchev–Trinajstić information content (AvgIpc) is 3.48. The second kappa shape index (κ2) is 6.75. The molecule has 1 aliphatic rings. The van der Waals surface area contributed by atoms with Crippen LogP contribution in [0.1, 0.15) is 26.3 Å². The summed E-state index contributed by atoms with van der Waals surface area (Å²) in [5.74, 6) is -0.286. The lowest BCUT2D eigenvalue weighted by molar-refractivity contribution is 0.102. The van der Waals surface area contributed by atoms with E-state index in [0.29, 0.717) is 22.4 Å². The Morgan fingerprint density at radius 1 is 0.903 bits per heavy atom. The van der Waals surface area contributed by atoms with E-state index in [1.807, 2.05) is 76.8 Å². The maximum Gasteiger partial charge on any atom is 0.255 e. The summed E-state index contributed by atoms with van der Waals surface area (Å²) in [7, 11) is 0. The molecule has 5 aromatic rings. The molecule has 5 nitrogen and oxygen atoms in total. The molecule has 0 atom stereocenters. The van der Waals surface area contributed by atoms with Crippen LogP contribution in [0.5, 0.6) is 0 Å². The van der Waals surface area contributed by atoms with Gasteiger partial charge in [-0.05, 0) is 35.4 Å². The van der Waals surface area contributed by atoms with Crippen LogP contribution in [0, 0.1) is 0 Å². The fourth-order valence-corrected chi connectivity index (χ4v) is 4.66. The minimum absolute atomic E-state index is 0.0374. The van der Waals surface area contributed by atoms with E-state index < -0.39 is 0 Å². The number of fused-ring (bicyclic) bond motifs is 4. The molecular formula is C25H15N3O2S. The number of hydrogen-bond acceptors (Lipinski definition) is 4. The van der Waals surface area contributed by atoms with Crippen LogP contribution in [-0.4, -0.2) is 21.1 Å². The number of carbonyl (C=O) groups excluding carboxylic acids is 2. The Morgan fingerprint density at radius 3 is 2.48 bits per heavy atom. The first-order chi connectivity index (χ1) is 15.2. The first kappa shape index (κ1) is 17.8. The van der Waals surface area contributed by atoms with E-state index in [1.165, 1.54) is 0 Å². The zero-order valence-corrected chi connectivity index (χ0v) is 17.0. The maximum absolute atomic E-state index is 12.8. The summed E-state index contributed by atoms with van der Waals surface area (Å²) >= 11 is 1.59. The molecule has 31 heavy (non-hydrogen) atoms. The molecule has 2 aromatic heterocycles. The minimum atomic E-state index is -0.248. The number of nitrogens with zero attached hydrogens (tertiary/aromatic N) is 2. The van der Waals surface area contributed by atoms with E-state index in [9.17, 15) is 9.59 Å². The molecule has 0 bridgehead atoms. The van der Waals surface area contributed by atoms with Gasteiger partial charge in [-0.1, -0.05) is 42.5 Å². The summed E-state index contributed by atoms with van der Waals surface area (Å²) in [6.07, 6.45) is 3.96. The first-order valence-electron chi connectivity index (χ1n) is 9.79. The molecule has 3 aromatic carbocycles. The van der Waals surface area contributed by atoms with E-state index in [4.69, 9.17) is 0 Å². The van der Waals surface area contributed by atoms with Gasteiger partial charge in [-0.2, -0.15) is 0 Å². The number of ketones is 1. The van der Waals surface area contributed by atoms with Crippen molar-refractivity contribution in [1.82, 2.24) is 9.38 Å². The Balaban J connectivity index is 1.23. The molecule has 6 rings (SSSR count). The van der Waals surface area contributed by atoms with Gasteiger partial charge in [0, 0.05) is 45.7 Å². The number of amides is 1. The second-order valence-corrected chi connectivity index (χ2v) is 8.26. The summed E-state index contributed by atoms with van der Waals surface area (Å²) < 4.78 is 1.99. The van der Waals surface area contributed by atoms with Gasteiger partial charge in [0.1, 0.15) is 0 Å². The Hall–Kier alpha value is -4.03. The molecule has 0 saturated carbocycles. The lowest BCUT2D eigenvalue weighted by Gasteiger charge is -2.07. The number of rotatable bonds is 3. The zero-order chi connectivity index (χ0) is 20.9. The second-order valence-electron chi connectivity index (χ2n) is 7.39. The Bertz CT molecular complexity index is 1470. The van der Waals surface area contributed by atoms with Crippen molar-refractivity contribution in [3.8, 4) is 22.4 Å². The van der Waals surface area contributed by atoms with Crippen LogP contribution < -0.4 is 5.32 Å². The standard InChI is InChI=1S/C25H15N3O2S/c29-23-20-4-2-1-3-18(20)19-10-7-16(13-21(19)23)24(30)26-17-8-5-15(6-9-17)22-14-28-11-12-31-25(28)27-22/h1-14H,(H,26,30). The number of benzene rings is 3. The average molecular weight is 421 g/mol. The highest BCUT2D eigenvalue weighted by molar-refractivity contribution is 7.15. The molecule has 0 radical (unpaired) electrons. The van der Waals surface area contributed by atoms with Crippen molar-refractivity contribution in [2.75, 3.05) is 5.32 Å². The number of anilines is 1. The number of aromatic nitrogens is 2. The number of hydrogen-bond donors (Lipinski definition) is 1. The largest absolute Gasteiger partial charge is 0.322 e. The van der Waals surface area contributed by atoms with Gasteiger partial charge < -0.3 is 5.32 Å². The van der Waals surface area contributed by atoms with Gasteiger partial charge in [0.2, 0.25) is 0 Å². The molecular weight excluding hydrogens is 406 g/mol. The number of thiazole rings is 1. The van der Waals surface area contributed by atoms with Crippen molar-refractivity contribution < 1.29 is 9.59 Å². The Labute approximate surface area is 181 Å². The number of imidazole rings is 1. The minimum Gasteiger partial charge on any atom is -0.322 e. The quantitative estimate of drug-likeness (QED) is 0.409. The third-order valence-electron chi connectivity index (χ3n) is 5.52. The molecule has 1 N–H and O–H groups in total. The fourth-order valence-electron chi connectivity index (χ4n) is 3.96. The Morgan fingerprint density at radius 2 is 1.68 bits per heavy atom. The molecule has 0 fully saturated rings. The van der Waals surface area contributed by atoms with E-state index in [0.717, 1.165) is 27.3 Å². The van der Waals surface area contributed by atoms with Gasteiger partial charge in [0.15, 0.2) is 10.7 Å². The molecule has 0 unspecified atom stereocenters. The van der Waals surface area contributed by atoms with Gasteiger partial charge in [0.25, 0.3) is 5.91 Å². The molecule has 148 valence electrons. The van der Waals surface area contributed by atoms with E-state index in [1.54, 1.807) is 23.5 Å². The smallest absolute Gasteiger partial charge is 0.255 e. The van der Waals surface area contributed by atoms with Gasteiger partial charge in [0.05, 0.1) is 5.69 Å². The van der Waals surface area contributed by atoms with Crippen LogP contribution in [0.4, 0.5) is 5.69 Å². The van der Waals surface area contributed by atoms with Crippen molar-refractivity contribution in [2.24, 2.45) is 0 Å². The molecule has 1 aliphatic carbocycles. The number of carbonyl (C=O) groups is 2. The van der Waals surface area contributed by atoms with Crippen molar-refractivity contribution in [2.45, 2.75) is 0 Å². The van der Waals surface area contributed by atoms with Gasteiger partial charge in [-0.25, -0.2) is 4.98 Å². The van der Waals surface area contributed by atoms with Crippen LogP contribution in [0.25, 0.3) is 27.3 Å². The lowest BCUT2D eigenvalue weighted by Crippen LogP contribution is -2.12. The number of nitrogens with one attached hydrogen (secondary N) is 1. The van der Waals surface area contributed by atoms with Crippen LogP contribution in [0.2, 0.25) is 0 Å². The van der Waals surface area contributed by atoms with Gasteiger partial charge in [-0.15, -0.1) is 11.3 Å². The summed E-state index contributed by atoms with van der Waals surface area (Å²) in [5.41, 5.74) is 6.07. The molecule has 2 heterocycles. The van der Waals surface area contributed by atoms with Crippen molar-refractivity contribution in [1.29, 1.82) is 0 Å². The molecule has 0 spiro atoms. The highest BCUT2D eigenvalue weighted by atomic mass is 32.1. The highest BCUT2D eigenvalue weighted by Crippen LogP contribution is 2.36. The van der Waals surface area contributed by atoms with Gasteiger partial charge in [-0.3, -0.25) is 14.0 Å². The molecule has 6 heteroatoms. The lowest BCUT2D eigenvalue weighted by atomic mass is 10.0. The summed E-state index contributed by atoms with van der Waals surface area (Å²) in [5, 5.41) is 4.91. The van der Waals surface area contributed by atoms with Crippen LogP contribution in [0.3, 0.4) is 0 Å². The van der Waals surface area contributed by atoms with Crippen molar-refractivity contribution >= 4 is 33.7 Å². The van der Waals surface area contributed by atoms with Crippen LogP contribution in [-0.2, 0) is 0 Å². The predicted molar refractivity (Wildman–Crippen MR) is 122 cm³/mol. The zero-order valence-electron chi connectivity index (χ0n) is 16.2. The normalized spacial score (nSPS) is 12.1. The third kappa shape index (κ3) is 2.88. The fraction of sp³-hybridized carbons (Fsp3) is 0. The first-order valence-corrected chi connectivity index (χ1v) is 10.7. The maximum atomic E-state index is 12.8. The van der Waals surface area contributed by atoms with Crippen LogP contribution >= 0.6 is 11.3 Å². The Kier molecular flexibility index (Phi) is 3.88. The van der Waals surface area contributed by atoms with E-state index >= 15 is 0 Å². The summed E-state index contributed by atoms with van der Waals surface area (Å²) in [6, 6.07) is 20.4. The van der Waals surface area contributed by atoms with Gasteiger partial charge >= 0.3 is 0 Å². The van der Waals surface area contributed by atoms with E-state index in [2.05, 4.69) is 10.3 Å². The van der Waals surface area contributed by atoms with E-state index in [-0.39, 0.29) is 11.7 Å². The molecule has 1 amide bonds. The van der Waals surface area contributed by atoms with Crippen molar-refractivity contribution in [3.05, 3.63) is 101 Å². The summed E-state index contributed by atoms with van der Waals surface area (Å²) in [6.45, 7) is 0. The molecule has 0 aliphatic heterocycles.